The SMILES string of the molecule is CC(C)NC(=O)NC(=O)COC(=O)c1cc2c(cc1Cl)N1CCCCCC1=NS2(=O)=O. The minimum Gasteiger partial charge on any atom is -0.452 e. The number of halogens is 1. The van der Waals surface area contributed by atoms with Crippen LogP contribution in [0.4, 0.5) is 10.5 Å². The van der Waals surface area contributed by atoms with Gasteiger partial charge in [-0.3, -0.25) is 10.1 Å². The van der Waals surface area contributed by atoms with Crippen molar-refractivity contribution in [3.63, 3.8) is 0 Å². The third kappa shape index (κ3) is 5.34. The number of fused-ring (bicyclic) bond motifs is 3. The number of carbonyl (C=O) groups is 3. The van der Waals surface area contributed by atoms with Gasteiger partial charge in [-0.25, -0.2) is 9.59 Å². The summed E-state index contributed by atoms with van der Waals surface area (Å²) in [5, 5.41) is 4.46. The highest BCUT2D eigenvalue weighted by atomic mass is 35.5. The fourth-order valence-electron chi connectivity index (χ4n) is 3.32. The molecule has 10 nitrogen and oxygen atoms in total. The molecule has 1 fully saturated rings. The van der Waals surface area contributed by atoms with E-state index in [4.69, 9.17) is 16.3 Å². The number of benzene rings is 1. The van der Waals surface area contributed by atoms with E-state index >= 15 is 0 Å². The van der Waals surface area contributed by atoms with Crippen molar-refractivity contribution < 1.29 is 27.5 Å². The Morgan fingerprint density at radius 3 is 2.68 bits per heavy atom. The summed E-state index contributed by atoms with van der Waals surface area (Å²) in [4.78, 5) is 37.4. The van der Waals surface area contributed by atoms with E-state index in [1.165, 1.54) is 6.07 Å². The average Bonchev–Trinajstić information content (AvgIpc) is 2.89. The van der Waals surface area contributed by atoms with Crippen LogP contribution in [0, 0.1) is 0 Å². The summed E-state index contributed by atoms with van der Waals surface area (Å²) in [5.41, 5.74) is 0.161. The molecule has 2 heterocycles. The Hall–Kier alpha value is -2.66. The fraction of sp³-hybridized carbons (Fsp3) is 0.474. The number of rotatable bonds is 4. The van der Waals surface area contributed by atoms with Gasteiger partial charge in [0.2, 0.25) is 0 Å². The second-order valence-electron chi connectivity index (χ2n) is 7.50. The quantitative estimate of drug-likeness (QED) is 0.644. The molecule has 0 atom stereocenters. The van der Waals surface area contributed by atoms with Crippen LogP contribution in [-0.2, 0) is 19.6 Å². The van der Waals surface area contributed by atoms with E-state index in [2.05, 4.69) is 9.71 Å². The van der Waals surface area contributed by atoms with E-state index in [1.54, 1.807) is 13.8 Å². The molecule has 0 saturated carbocycles. The first-order chi connectivity index (χ1) is 14.6. The van der Waals surface area contributed by atoms with Crippen molar-refractivity contribution in [2.45, 2.75) is 50.5 Å². The summed E-state index contributed by atoms with van der Waals surface area (Å²) in [6, 6.07) is 1.62. The number of nitrogens with one attached hydrogen (secondary N) is 2. The topological polar surface area (TPSA) is 134 Å². The molecule has 31 heavy (non-hydrogen) atoms. The van der Waals surface area contributed by atoms with E-state index in [1.807, 2.05) is 10.2 Å². The van der Waals surface area contributed by atoms with Gasteiger partial charge < -0.3 is 15.0 Å². The smallest absolute Gasteiger partial charge is 0.340 e. The maximum Gasteiger partial charge on any atom is 0.340 e. The summed E-state index contributed by atoms with van der Waals surface area (Å²) in [6.07, 6.45) is 3.22. The van der Waals surface area contributed by atoms with Crippen molar-refractivity contribution in [2.24, 2.45) is 4.40 Å². The van der Waals surface area contributed by atoms with Gasteiger partial charge in [0.25, 0.3) is 15.9 Å². The molecular formula is C19H23ClN4O6S. The van der Waals surface area contributed by atoms with E-state index in [0.29, 0.717) is 24.5 Å². The van der Waals surface area contributed by atoms with Gasteiger partial charge in [-0.2, -0.15) is 8.42 Å². The number of amidine groups is 1. The third-order valence-electron chi connectivity index (χ3n) is 4.66. The number of sulfonamides is 1. The van der Waals surface area contributed by atoms with E-state index in [0.717, 1.165) is 25.3 Å². The minimum absolute atomic E-state index is 0.0117. The molecule has 2 aliphatic rings. The number of hydrogen-bond acceptors (Lipinski definition) is 7. The maximum absolute atomic E-state index is 12.7. The Balaban J connectivity index is 1.78. The lowest BCUT2D eigenvalue weighted by Gasteiger charge is -2.30. The van der Waals surface area contributed by atoms with Crippen LogP contribution in [0.1, 0.15) is 49.9 Å². The molecule has 1 aromatic carbocycles. The zero-order valence-corrected chi connectivity index (χ0v) is 18.7. The summed E-state index contributed by atoms with van der Waals surface area (Å²) in [7, 11) is -4.01. The minimum atomic E-state index is -4.01. The van der Waals surface area contributed by atoms with Crippen molar-refractivity contribution >= 4 is 51.1 Å². The molecule has 0 spiro atoms. The number of imide groups is 1. The van der Waals surface area contributed by atoms with Crippen molar-refractivity contribution in [1.29, 1.82) is 0 Å². The van der Waals surface area contributed by atoms with Gasteiger partial charge in [0.05, 0.1) is 16.3 Å². The molecule has 0 bridgehead atoms. The summed E-state index contributed by atoms with van der Waals surface area (Å²) >= 11 is 6.25. The molecule has 1 aromatic rings. The van der Waals surface area contributed by atoms with Crippen LogP contribution in [0.3, 0.4) is 0 Å². The van der Waals surface area contributed by atoms with Crippen molar-refractivity contribution in [3.05, 3.63) is 22.7 Å². The highest BCUT2D eigenvalue weighted by Crippen LogP contribution is 2.38. The molecule has 2 aliphatic heterocycles. The molecule has 0 radical (unpaired) electrons. The Morgan fingerprint density at radius 1 is 1.23 bits per heavy atom. The van der Waals surface area contributed by atoms with Crippen LogP contribution in [0.15, 0.2) is 21.4 Å². The van der Waals surface area contributed by atoms with Crippen molar-refractivity contribution in [3.8, 4) is 0 Å². The van der Waals surface area contributed by atoms with Crippen LogP contribution < -0.4 is 15.5 Å². The van der Waals surface area contributed by atoms with Gasteiger partial charge in [-0.05, 0) is 38.8 Å². The Labute approximate surface area is 185 Å². The molecule has 0 aliphatic carbocycles. The second-order valence-corrected chi connectivity index (χ2v) is 9.48. The standard InChI is InChI=1S/C19H23ClN4O6S/c1-11(2)21-19(27)22-17(25)10-30-18(26)12-8-15-14(9-13(12)20)24-7-5-3-4-6-16(24)23-31(15,28)29/h8-9,11H,3-7,10H2,1-2H3,(H2,21,22,25,27). The summed E-state index contributed by atoms with van der Waals surface area (Å²) in [6.45, 7) is 3.29. The monoisotopic (exact) mass is 470 g/mol. The molecule has 2 N–H and O–H groups in total. The number of nitrogens with zero attached hydrogens (tertiary/aromatic N) is 2. The number of anilines is 1. The van der Waals surface area contributed by atoms with Gasteiger partial charge in [0, 0.05) is 19.0 Å². The molecule has 12 heteroatoms. The molecule has 0 unspecified atom stereocenters. The second kappa shape index (κ2) is 9.23. The van der Waals surface area contributed by atoms with Crippen LogP contribution in [-0.4, -0.2) is 51.4 Å². The highest BCUT2D eigenvalue weighted by Gasteiger charge is 2.33. The molecular weight excluding hydrogens is 448 g/mol. The first-order valence-corrected chi connectivity index (χ1v) is 11.6. The predicted octanol–water partition coefficient (Wildman–Crippen LogP) is 2.21. The highest BCUT2D eigenvalue weighted by molar-refractivity contribution is 7.90. The number of urea groups is 1. The first-order valence-electron chi connectivity index (χ1n) is 9.81. The molecule has 168 valence electrons. The van der Waals surface area contributed by atoms with Crippen LogP contribution in [0.25, 0.3) is 0 Å². The van der Waals surface area contributed by atoms with Gasteiger partial charge in [-0.15, -0.1) is 4.40 Å². The van der Waals surface area contributed by atoms with Gasteiger partial charge >= 0.3 is 12.0 Å². The van der Waals surface area contributed by atoms with E-state index < -0.39 is 34.5 Å². The van der Waals surface area contributed by atoms with E-state index in [-0.39, 0.29) is 21.5 Å². The van der Waals surface area contributed by atoms with Crippen molar-refractivity contribution in [2.75, 3.05) is 18.1 Å². The fourth-order valence-corrected chi connectivity index (χ4v) is 4.82. The number of ether oxygens (including phenoxy) is 1. The number of amides is 3. The number of carbonyl (C=O) groups excluding carboxylic acids is 3. The molecule has 3 rings (SSSR count). The van der Waals surface area contributed by atoms with Crippen LogP contribution >= 0.6 is 11.6 Å². The zero-order valence-electron chi connectivity index (χ0n) is 17.1. The first kappa shape index (κ1) is 23.0. The Kier molecular flexibility index (Phi) is 6.85. The zero-order chi connectivity index (χ0) is 22.8. The predicted molar refractivity (Wildman–Crippen MR) is 114 cm³/mol. The van der Waals surface area contributed by atoms with E-state index in [9.17, 15) is 22.8 Å². The molecule has 1 saturated heterocycles. The molecule has 0 aromatic heterocycles. The van der Waals surface area contributed by atoms with Crippen LogP contribution in [0.5, 0.6) is 0 Å². The normalized spacial score (nSPS) is 17.0. The summed E-state index contributed by atoms with van der Waals surface area (Å²) < 4.78 is 34.2. The number of esters is 1. The largest absolute Gasteiger partial charge is 0.452 e. The lowest BCUT2D eigenvalue weighted by molar-refractivity contribution is -0.123. The maximum atomic E-state index is 12.7. The van der Waals surface area contributed by atoms with Crippen LogP contribution in [0.2, 0.25) is 5.02 Å². The van der Waals surface area contributed by atoms with Gasteiger partial charge in [0.15, 0.2) is 6.61 Å². The Morgan fingerprint density at radius 2 is 1.97 bits per heavy atom. The lowest BCUT2D eigenvalue weighted by atomic mass is 10.1. The van der Waals surface area contributed by atoms with Gasteiger partial charge in [-0.1, -0.05) is 18.0 Å². The summed E-state index contributed by atoms with van der Waals surface area (Å²) in [5.74, 6) is -1.37. The van der Waals surface area contributed by atoms with Crippen molar-refractivity contribution in [1.82, 2.24) is 10.6 Å². The van der Waals surface area contributed by atoms with Gasteiger partial charge in [0.1, 0.15) is 10.7 Å². The lowest BCUT2D eigenvalue weighted by Crippen LogP contribution is -2.44. The number of hydrogen-bond donors (Lipinski definition) is 2. The Bertz CT molecular complexity index is 1050. The third-order valence-corrected chi connectivity index (χ3v) is 6.31. The average molecular weight is 471 g/mol. The molecule has 3 amide bonds.